The van der Waals surface area contributed by atoms with Gasteiger partial charge in [0.25, 0.3) is 0 Å². The molecule has 0 fully saturated rings. The molecule has 4 heteroatoms. The van der Waals surface area contributed by atoms with Crippen LogP contribution in [0.5, 0.6) is 0 Å². The lowest BCUT2D eigenvalue weighted by Gasteiger charge is -2.07. The summed E-state index contributed by atoms with van der Waals surface area (Å²) >= 11 is 0. The van der Waals surface area contributed by atoms with Gasteiger partial charge in [0, 0.05) is 18.1 Å². The van der Waals surface area contributed by atoms with Gasteiger partial charge in [0.05, 0.1) is 17.4 Å². The van der Waals surface area contributed by atoms with Gasteiger partial charge in [-0.25, -0.2) is 4.98 Å². The summed E-state index contributed by atoms with van der Waals surface area (Å²) in [6, 6.07) is 14.0. The number of rotatable bonds is 4. The highest BCUT2D eigenvalue weighted by Gasteiger charge is 2.01. The van der Waals surface area contributed by atoms with E-state index in [-0.39, 0.29) is 0 Å². The SMILES string of the molecule is Nc1ccc(NCCc2cccc3cccnc23)nc1. The second-order valence-electron chi connectivity index (χ2n) is 4.65. The van der Waals surface area contributed by atoms with E-state index in [0.717, 1.165) is 24.3 Å². The van der Waals surface area contributed by atoms with Crippen LogP contribution in [-0.4, -0.2) is 16.5 Å². The van der Waals surface area contributed by atoms with Crippen LogP contribution in [0.1, 0.15) is 5.56 Å². The summed E-state index contributed by atoms with van der Waals surface area (Å²) in [4.78, 5) is 8.68. The number of para-hydroxylation sites is 1. The van der Waals surface area contributed by atoms with E-state index in [0.29, 0.717) is 5.69 Å². The first-order valence-corrected chi connectivity index (χ1v) is 6.61. The molecule has 0 radical (unpaired) electrons. The number of benzene rings is 1. The van der Waals surface area contributed by atoms with Crippen molar-refractivity contribution in [1.82, 2.24) is 9.97 Å². The first-order valence-electron chi connectivity index (χ1n) is 6.61. The molecule has 0 unspecified atom stereocenters. The first kappa shape index (κ1) is 12.4. The Labute approximate surface area is 117 Å². The highest BCUT2D eigenvalue weighted by molar-refractivity contribution is 5.81. The fourth-order valence-corrected chi connectivity index (χ4v) is 2.20. The second kappa shape index (κ2) is 5.57. The van der Waals surface area contributed by atoms with E-state index < -0.39 is 0 Å². The molecule has 100 valence electrons. The molecule has 0 aliphatic rings. The molecule has 0 saturated heterocycles. The predicted octanol–water partition coefficient (Wildman–Crippen LogP) is 2.87. The Balaban J connectivity index is 1.69. The van der Waals surface area contributed by atoms with Crippen molar-refractivity contribution in [1.29, 1.82) is 0 Å². The molecular weight excluding hydrogens is 248 g/mol. The maximum Gasteiger partial charge on any atom is 0.126 e. The quantitative estimate of drug-likeness (QED) is 0.760. The average Bonchev–Trinajstić information content (AvgIpc) is 2.49. The van der Waals surface area contributed by atoms with Crippen molar-refractivity contribution in [2.75, 3.05) is 17.6 Å². The number of hydrogen-bond acceptors (Lipinski definition) is 4. The molecule has 3 N–H and O–H groups in total. The molecule has 0 amide bonds. The average molecular weight is 264 g/mol. The largest absolute Gasteiger partial charge is 0.397 e. The zero-order valence-electron chi connectivity index (χ0n) is 11.1. The number of aromatic nitrogens is 2. The first-order chi connectivity index (χ1) is 9.83. The summed E-state index contributed by atoms with van der Waals surface area (Å²) in [6.07, 6.45) is 4.39. The van der Waals surface area contributed by atoms with Crippen molar-refractivity contribution in [3.05, 3.63) is 60.4 Å². The number of pyridine rings is 2. The highest BCUT2D eigenvalue weighted by atomic mass is 15.0. The van der Waals surface area contributed by atoms with Gasteiger partial charge in [0.2, 0.25) is 0 Å². The van der Waals surface area contributed by atoms with Crippen molar-refractivity contribution in [3.63, 3.8) is 0 Å². The number of hydrogen-bond donors (Lipinski definition) is 2. The Bertz CT molecular complexity index is 702. The number of fused-ring (bicyclic) bond motifs is 1. The van der Waals surface area contributed by atoms with E-state index >= 15 is 0 Å². The molecule has 0 aliphatic carbocycles. The maximum atomic E-state index is 5.61. The lowest BCUT2D eigenvalue weighted by Crippen LogP contribution is -2.06. The molecule has 0 bridgehead atoms. The van der Waals surface area contributed by atoms with E-state index in [1.165, 1.54) is 10.9 Å². The normalized spacial score (nSPS) is 10.6. The molecule has 0 atom stereocenters. The third kappa shape index (κ3) is 2.69. The van der Waals surface area contributed by atoms with Gasteiger partial charge >= 0.3 is 0 Å². The smallest absolute Gasteiger partial charge is 0.126 e. The zero-order chi connectivity index (χ0) is 13.8. The van der Waals surface area contributed by atoms with Crippen LogP contribution in [0.4, 0.5) is 11.5 Å². The van der Waals surface area contributed by atoms with Crippen LogP contribution in [0.15, 0.2) is 54.9 Å². The number of nitrogens with two attached hydrogens (primary N) is 1. The van der Waals surface area contributed by atoms with Crippen LogP contribution in [0, 0.1) is 0 Å². The fourth-order valence-electron chi connectivity index (χ4n) is 2.20. The van der Waals surface area contributed by atoms with Gasteiger partial charge in [-0.1, -0.05) is 24.3 Å². The molecule has 4 nitrogen and oxygen atoms in total. The number of nitrogens with one attached hydrogen (secondary N) is 1. The molecule has 0 saturated carbocycles. The number of nitrogen functional groups attached to an aromatic ring is 1. The van der Waals surface area contributed by atoms with Crippen LogP contribution in [-0.2, 0) is 6.42 Å². The van der Waals surface area contributed by atoms with Crippen molar-refractivity contribution in [3.8, 4) is 0 Å². The Morgan fingerprint density at radius 3 is 2.75 bits per heavy atom. The summed E-state index contributed by atoms with van der Waals surface area (Å²) in [5.41, 5.74) is 8.60. The van der Waals surface area contributed by atoms with Crippen LogP contribution >= 0.6 is 0 Å². The van der Waals surface area contributed by atoms with Gasteiger partial charge < -0.3 is 11.1 Å². The molecule has 20 heavy (non-hydrogen) atoms. The second-order valence-corrected chi connectivity index (χ2v) is 4.65. The van der Waals surface area contributed by atoms with E-state index in [1.807, 2.05) is 24.4 Å². The standard InChI is InChI=1S/C16H16N4/c17-14-6-7-15(20-11-14)18-10-8-13-4-1-3-12-5-2-9-19-16(12)13/h1-7,9,11H,8,10,17H2,(H,18,20). The Kier molecular flexibility index (Phi) is 3.46. The lowest BCUT2D eigenvalue weighted by atomic mass is 10.1. The summed E-state index contributed by atoms with van der Waals surface area (Å²) in [5.74, 6) is 0.840. The summed E-state index contributed by atoms with van der Waals surface area (Å²) < 4.78 is 0. The molecular formula is C16H16N4. The van der Waals surface area contributed by atoms with Crippen molar-refractivity contribution in [2.45, 2.75) is 6.42 Å². The summed E-state index contributed by atoms with van der Waals surface area (Å²) in [6.45, 7) is 0.812. The predicted molar refractivity (Wildman–Crippen MR) is 82.6 cm³/mol. The monoisotopic (exact) mass is 264 g/mol. The minimum Gasteiger partial charge on any atom is -0.397 e. The van der Waals surface area contributed by atoms with Gasteiger partial charge in [0.1, 0.15) is 5.82 Å². The van der Waals surface area contributed by atoms with Crippen molar-refractivity contribution < 1.29 is 0 Å². The highest BCUT2D eigenvalue weighted by Crippen LogP contribution is 2.16. The maximum absolute atomic E-state index is 5.61. The topological polar surface area (TPSA) is 63.8 Å². The molecule has 0 spiro atoms. The molecule has 0 aliphatic heterocycles. The minimum atomic E-state index is 0.675. The summed E-state index contributed by atoms with van der Waals surface area (Å²) in [5, 5.41) is 4.47. The lowest BCUT2D eigenvalue weighted by molar-refractivity contribution is 1.01. The Morgan fingerprint density at radius 2 is 1.90 bits per heavy atom. The van der Waals surface area contributed by atoms with Crippen LogP contribution in [0.25, 0.3) is 10.9 Å². The van der Waals surface area contributed by atoms with E-state index in [1.54, 1.807) is 6.20 Å². The minimum absolute atomic E-state index is 0.675. The molecule has 2 aromatic heterocycles. The number of nitrogens with zero attached hydrogens (tertiary/aromatic N) is 2. The van der Waals surface area contributed by atoms with Gasteiger partial charge in [-0.15, -0.1) is 0 Å². The van der Waals surface area contributed by atoms with Crippen LogP contribution < -0.4 is 11.1 Å². The van der Waals surface area contributed by atoms with Crippen LogP contribution in [0.3, 0.4) is 0 Å². The van der Waals surface area contributed by atoms with Gasteiger partial charge in [-0.3, -0.25) is 4.98 Å². The van der Waals surface area contributed by atoms with Crippen molar-refractivity contribution in [2.24, 2.45) is 0 Å². The Morgan fingerprint density at radius 1 is 1.00 bits per heavy atom. The number of anilines is 2. The third-order valence-corrected chi connectivity index (χ3v) is 3.20. The Hall–Kier alpha value is -2.62. The molecule has 3 rings (SSSR count). The van der Waals surface area contributed by atoms with Crippen LogP contribution in [0.2, 0.25) is 0 Å². The molecule has 2 heterocycles. The summed E-state index contributed by atoms with van der Waals surface area (Å²) in [7, 11) is 0. The van der Waals surface area contributed by atoms with E-state index in [4.69, 9.17) is 5.73 Å². The molecule has 1 aromatic carbocycles. The van der Waals surface area contributed by atoms with E-state index in [9.17, 15) is 0 Å². The van der Waals surface area contributed by atoms with Gasteiger partial charge in [0.15, 0.2) is 0 Å². The van der Waals surface area contributed by atoms with Crippen molar-refractivity contribution >= 4 is 22.4 Å². The zero-order valence-corrected chi connectivity index (χ0v) is 11.1. The molecule has 3 aromatic rings. The van der Waals surface area contributed by atoms with Gasteiger partial charge in [-0.05, 0) is 30.2 Å². The van der Waals surface area contributed by atoms with E-state index in [2.05, 4.69) is 39.6 Å². The fraction of sp³-hybridized carbons (Fsp3) is 0.125. The van der Waals surface area contributed by atoms with Gasteiger partial charge in [-0.2, -0.15) is 0 Å². The third-order valence-electron chi connectivity index (χ3n) is 3.20.